The van der Waals surface area contributed by atoms with Crippen molar-refractivity contribution in [2.75, 3.05) is 0 Å². The second-order valence-corrected chi connectivity index (χ2v) is 5.95. The predicted molar refractivity (Wildman–Crippen MR) is 69.6 cm³/mol. The van der Waals surface area contributed by atoms with Gasteiger partial charge in [0, 0.05) is 13.2 Å². The van der Waals surface area contributed by atoms with Crippen molar-refractivity contribution < 1.29 is 17.9 Å². The molecule has 2 N–H and O–H groups in total. The van der Waals surface area contributed by atoms with E-state index in [4.69, 9.17) is 5.11 Å². The van der Waals surface area contributed by atoms with E-state index in [-0.39, 0.29) is 17.0 Å². The minimum atomic E-state index is -3.91. The molecule has 8 heteroatoms. The summed E-state index contributed by atoms with van der Waals surface area (Å²) in [6.45, 7) is -0.495. The Bertz CT molecular complexity index is 712. The third kappa shape index (κ3) is 3.21. The third-order valence-electron chi connectivity index (χ3n) is 2.70. The molecule has 0 saturated carbocycles. The van der Waals surface area contributed by atoms with Crippen molar-refractivity contribution in [3.63, 3.8) is 0 Å². The number of aliphatic hydroxyl groups excluding tert-OH is 1. The largest absolute Gasteiger partial charge is 0.392 e. The number of aryl methyl sites for hydroxylation is 1. The van der Waals surface area contributed by atoms with Gasteiger partial charge in [-0.1, -0.05) is 6.07 Å². The molecule has 0 spiro atoms. The lowest BCUT2D eigenvalue weighted by Crippen LogP contribution is -2.24. The van der Waals surface area contributed by atoms with E-state index in [1.165, 1.54) is 6.07 Å². The Morgan fingerprint density at radius 3 is 2.75 bits per heavy atom. The second-order valence-electron chi connectivity index (χ2n) is 4.22. The van der Waals surface area contributed by atoms with Gasteiger partial charge in [0.2, 0.25) is 10.0 Å². The van der Waals surface area contributed by atoms with Gasteiger partial charge < -0.3 is 5.11 Å². The minimum absolute atomic E-state index is 0.00937. The second kappa shape index (κ2) is 5.70. The normalized spacial score (nSPS) is 11.8. The molecule has 0 aliphatic carbocycles. The van der Waals surface area contributed by atoms with Gasteiger partial charge >= 0.3 is 0 Å². The van der Waals surface area contributed by atoms with Gasteiger partial charge in [-0.05, 0) is 23.8 Å². The molecule has 0 bridgehead atoms. The summed E-state index contributed by atoms with van der Waals surface area (Å²) in [5.41, 5.74) is 0.679. The Morgan fingerprint density at radius 1 is 1.40 bits per heavy atom. The van der Waals surface area contributed by atoms with Crippen LogP contribution in [0.1, 0.15) is 11.3 Å². The van der Waals surface area contributed by atoms with Crippen molar-refractivity contribution in [2.24, 2.45) is 7.05 Å². The first-order chi connectivity index (χ1) is 9.42. The zero-order valence-corrected chi connectivity index (χ0v) is 11.6. The lowest BCUT2D eigenvalue weighted by Gasteiger charge is -2.09. The van der Waals surface area contributed by atoms with Crippen molar-refractivity contribution in [1.29, 1.82) is 0 Å². The van der Waals surface area contributed by atoms with E-state index in [0.29, 0.717) is 5.69 Å². The first-order valence-corrected chi connectivity index (χ1v) is 7.28. The average Bonchev–Trinajstić information content (AvgIpc) is 2.82. The molecule has 20 heavy (non-hydrogen) atoms. The molecule has 0 unspecified atom stereocenters. The maximum absolute atomic E-state index is 13.2. The molecule has 1 aromatic heterocycles. The number of nitrogens with one attached hydrogen (secondary N) is 1. The van der Waals surface area contributed by atoms with Crippen LogP contribution in [0.5, 0.6) is 0 Å². The summed E-state index contributed by atoms with van der Waals surface area (Å²) < 4.78 is 41.3. The monoisotopic (exact) mass is 299 g/mol. The molecule has 6 nitrogen and oxygen atoms in total. The van der Waals surface area contributed by atoms with E-state index < -0.39 is 22.4 Å². The van der Waals surface area contributed by atoms with Crippen LogP contribution in [-0.4, -0.2) is 23.3 Å². The SMILES string of the molecule is Cn1ccc(CNS(=O)(=O)c2cc(F)ccc2CO)n1. The fourth-order valence-corrected chi connectivity index (χ4v) is 2.95. The Morgan fingerprint density at radius 2 is 2.15 bits per heavy atom. The molecule has 0 saturated heterocycles. The molecule has 2 aromatic rings. The third-order valence-corrected chi connectivity index (χ3v) is 4.18. The van der Waals surface area contributed by atoms with Gasteiger partial charge in [-0.2, -0.15) is 5.10 Å². The number of aromatic nitrogens is 2. The summed E-state index contributed by atoms with van der Waals surface area (Å²) in [4.78, 5) is -0.268. The molecule has 0 radical (unpaired) electrons. The van der Waals surface area contributed by atoms with Gasteiger partial charge in [0.15, 0.2) is 0 Å². The topological polar surface area (TPSA) is 84.2 Å². The average molecular weight is 299 g/mol. The summed E-state index contributed by atoms with van der Waals surface area (Å²) >= 11 is 0. The molecule has 1 aromatic carbocycles. The van der Waals surface area contributed by atoms with E-state index >= 15 is 0 Å². The van der Waals surface area contributed by atoms with Crippen LogP contribution in [0.3, 0.4) is 0 Å². The predicted octanol–water partition coefficient (Wildman–Crippen LogP) is 0.530. The molecular formula is C12H14FN3O3S. The van der Waals surface area contributed by atoms with Gasteiger partial charge in [0.1, 0.15) is 5.82 Å². The Labute approximate surface area is 115 Å². The molecule has 2 rings (SSSR count). The van der Waals surface area contributed by atoms with Gasteiger partial charge in [-0.25, -0.2) is 17.5 Å². The first-order valence-electron chi connectivity index (χ1n) is 5.80. The highest BCUT2D eigenvalue weighted by molar-refractivity contribution is 7.89. The highest BCUT2D eigenvalue weighted by Gasteiger charge is 2.19. The Balaban J connectivity index is 2.24. The number of aliphatic hydroxyl groups is 1. The van der Waals surface area contributed by atoms with Gasteiger partial charge in [-0.15, -0.1) is 0 Å². The molecule has 0 amide bonds. The molecule has 0 atom stereocenters. The highest BCUT2D eigenvalue weighted by Crippen LogP contribution is 2.17. The number of nitrogens with zero attached hydrogens (tertiary/aromatic N) is 2. The van der Waals surface area contributed by atoms with Crippen LogP contribution in [0.15, 0.2) is 35.4 Å². The maximum Gasteiger partial charge on any atom is 0.241 e. The Kier molecular flexibility index (Phi) is 4.17. The standard InChI is InChI=1S/C12H14FN3O3S/c1-16-5-4-11(15-16)7-14-20(18,19)12-6-10(13)3-2-9(12)8-17/h2-6,14,17H,7-8H2,1H3. The van der Waals surface area contributed by atoms with Crippen molar-refractivity contribution in [3.8, 4) is 0 Å². The maximum atomic E-state index is 13.2. The number of hydrogen-bond donors (Lipinski definition) is 2. The zero-order valence-electron chi connectivity index (χ0n) is 10.7. The van der Waals surface area contributed by atoms with Crippen molar-refractivity contribution >= 4 is 10.0 Å². The summed E-state index contributed by atoms with van der Waals surface area (Å²) in [5.74, 6) is -0.680. The minimum Gasteiger partial charge on any atom is -0.392 e. The lowest BCUT2D eigenvalue weighted by molar-refractivity contribution is 0.278. The van der Waals surface area contributed by atoms with Gasteiger partial charge in [0.05, 0.1) is 23.7 Å². The van der Waals surface area contributed by atoms with E-state index in [2.05, 4.69) is 9.82 Å². The Hall–Kier alpha value is -1.77. The van der Waals surface area contributed by atoms with E-state index in [9.17, 15) is 12.8 Å². The summed E-state index contributed by atoms with van der Waals surface area (Å²) in [6, 6.07) is 4.89. The molecular weight excluding hydrogens is 285 g/mol. The fourth-order valence-electron chi connectivity index (χ4n) is 1.71. The van der Waals surface area contributed by atoms with Crippen molar-refractivity contribution in [2.45, 2.75) is 18.0 Å². The first kappa shape index (κ1) is 14.6. The number of hydrogen-bond acceptors (Lipinski definition) is 4. The molecule has 0 fully saturated rings. The van der Waals surface area contributed by atoms with Crippen LogP contribution in [-0.2, 0) is 30.2 Å². The van der Waals surface area contributed by atoms with E-state index in [0.717, 1.165) is 12.1 Å². The molecule has 1 heterocycles. The van der Waals surface area contributed by atoms with Gasteiger partial charge in [0.25, 0.3) is 0 Å². The number of rotatable bonds is 5. The fraction of sp³-hybridized carbons (Fsp3) is 0.250. The van der Waals surface area contributed by atoms with E-state index in [1.807, 2.05) is 0 Å². The number of halogens is 1. The quantitative estimate of drug-likeness (QED) is 0.843. The molecule has 0 aliphatic heterocycles. The van der Waals surface area contributed by atoms with E-state index in [1.54, 1.807) is 24.0 Å². The van der Waals surface area contributed by atoms with Crippen LogP contribution in [0, 0.1) is 5.82 Å². The van der Waals surface area contributed by atoms with Crippen molar-refractivity contribution in [3.05, 3.63) is 47.5 Å². The summed E-state index contributed by atoms with van der Waals surface area (Å²) in [6.07, 6.45) is 1.69. The summed E-state index contributed by atoms with van der Waals surface area (Å²) in [5, 5.41) is 13.2. The molecule has 0 aliphatic rings. The highest BCUT2D eigenvalue weighted by atomic mass is 32.2. The zero-order chi connectivity index (χ0) is 14.8. The van der Waals surface area contributed by atoms with Crippen LogP contribution < -0.4 is 4.72 Å². The van der Waals surface area contributed by atoms with Crippen LogP contribution in [0.2, 0.25) is 0 Å². The molecule has 108 valence electrons. The lowest BCUT2D eigenvalue weighted by atomic mass is 10.2. The number of benzene rings is 1. The summed E-state index contributed by atoms with van der Waals surface area (Å²) in [7, 11) is -2.20. The van der Waals surface area contributed by atoms with Crippen molar-refractivity contribution in [1.82, 2.24) is 14.5 Å². The smallest absolute Gasteiger partial charge is 0.241 e. The van der Waals surface area contributed by atoms with Gasteiger partial charge in [-0.3, -0.25) is 4.68 Å². The number of sulfonamides is 1. The van der Waals surface area contributed by atoms with Crippen LogP contribution in [0.25, 0.3) is 0 Å². The van der Waals surface area contributed by atoms with Crippen LogP contribution in [0.4, 0.5) is 4.39 Å². The van der Waals surface area contributed by atoms with Crippen LogP contribution >= 0.6 is 0 Å².